The van der Waals surface area contributed by atoms with Crippen molar-refractivity contribution in [3.8, 4) is 11.4 Å². The van der Waals surface area contributed by atoms with Crippen molar-refractivity contribution in [3.05, 3.63) is 72.4 Å². The summed E-state index contributed by atoms with van der Waals surface area (Å²) in [6.07, 6.45) is 7.59. The molecule has 170 valence electrons. The van der Waals surface area contributed by atoms with E-state index in [0.717, 1.165) is 59.7 Å². The van der Waals surface area contributed by atoms with Gasteiger partial charge in [-0.2, -0.15) is 4.98 Å². The summed E-state index contributed by atoms with van der Waals surface area (Å²) in [5.41, 5.74) is 11.6. The minimum absolute atomic E-state index is 0.347. The molecule has 1 aliphatic rings. The molecule has 0 atom stereocenters. The third-order valence-corrected chi connectivity index (χ3v) is 6.03. The van der Waals surface area contributed by atoms with Gasteiger partial charge in [-0.25, -0.2) is 4.98 Å². The Balaban J connectivity index is 1.22. The second kappa shape index (κ2) is 8.90. The lowest BCUT2D eigenvalue weighted by molar-refractivity contribution is 0.412. The number of hydrogen-bond donors (Lipinski definition) is 2. The molecular formula is C25H28N6O2. The van der Waals surface area contributed by atoms with Crippen molar-refractivity contribution < 1.29 is 9.15 Å². The molecule has 8 heteroatoms. The lowest BCUT2D eigenvalue weighted by atomic mass is 10.1. The summed E-state index contributed by atoms with van der Waals surface area (Å²) < 4.78 is 13.5. The first-order chi connectivity index (χ1) is 16.1. The monoisotopic (exact) mass is 444 g/mol. The van der Waals surface area contributed by atoms with Gasteiger partial charge in [-0.3, -0.25) is 0 Å². The van der Waals surface area contributed by atoms with E-state index >= 15 is 0 Å². The third kappa shape index (κ3) is 4.37. The molecule has 0 amide bonds. The Bertz CT molecular complexity index is 1250. The van der Waals surface area contributed by atoms with Crippen molar-refractivity contribution in [2.45, 2.75) is 25.8 Å². The van der Waals surface area contributed by atoms with Crippen LogP contribution < -0.4 is 20.7 Å². The van der Waals surface area contributed by atoms with E-state index < -0.39 is 0 Å². The summed E-state index contributed by atoms with van der Waals surface area (Å²) in [4.78, 5) is 11.1. The number of oxazole rings is 1. The van der Waals surface area contributed by atoms with Crippen LogP contribution >= 0.6 is 0 Å². The lowest BCUT2D eigenvalue weighted by Crippen LogP contribution is -2.41. The summed E-state index contributed by atoms with van der Waals surface area (Å²) >= 11 is 0. The number of nitrogens with one attached hydrogen (secondary N) is 1. The molecule has 33 heavy (non-hydrogen) atoms. The van der Waals surface area contributed by atoms with Gasteiger partial charge in [0.25, 0.3) is 6.01 Å². The molecular weight excluding hydrogens is 416 g/mol. The normalized spacial score (nSPS) is 15.2. The van der Waals surface area contributed by atoms with Crippen LogP contribution in [0.1, 0.15) is 24.1 Å². The van der Waals surface area contributed by atoms with Gasteiger partial charge < -0.3 is 29.7 Å². The van der Waals surface area contributed by atoms with Gasteiger partial charge in [-0.05, 0) is 44.0 Å². The van der Waals surface area contributed by atoms with Crippen molar-refractivity contribution in [2.75, 3.05) is 25.1 Å². The molecule has 1 aliphatic heterocycles. The van der Waals surface area contributed by atoms with Crippen LogP contribution in [-0.4, -0.2) is 40.8 Å². The fourth-order valence-electron chi connectivity index (χ4n) is 4.15. The summed E-state index contributed by atoms with van der Waals surface area (Å²) in [5, 5.41) is 3.48. The number of piperidine rings is 1. The number of aromatic nitrogens is 3. The number of hydrogen-bond acceptors (Lipinski definition) is 7. The Morgan fingerprint density at radius 2 is 2.03 bits per heavy atom. The minimum atomic E-state index is 0.347. The molecule has 0 spiro atoms. The summed E-state index contributed by atoms with van der Waals surface area (Å²) in [6.45, 7) is 3.72. The number of para-hydroxylation sites is 2. The molecule has 3 heterocycles. The summed E-state index contributed by atoms with van der Waals surface area (Å²) in [5.74, 6) is 0.743. The molecule has 2 aromatic carbocycles. The number of fused-ring (bicyclic) bond motifs is 1. The first-order valence-electron chi connectivity index (χ1n) is 11.1. The average Bonchev–Trinajstić information content (AvgIpc) is 3.48. The van der Waals surface area contributed by atoms with Crippen LogP contribution in [0.3, 0.4) is 0 Å². The fraction of sp³-hybridized carbons (Fsp3) is 0.280. The first kappa shape index (κ1) is 20.9. The smallest absolute Gasteiger partial charge is 0.298 e. The van der Waals surface area contributed by atoms with Gasteiger partial charge in [0.05, 0.1) is 30.5 Å². The van der Waals surface area contributed by atoms with E-state index in [0.29, 0.717) is 17.8 Å². The molecule has 0 bridgehead atoms. The fourth-order valence-corrected chi connectivity index (χ4v) is 4.15. The number of nitrogens with two attached hydrogens (primary N) is 1. The molecule has 0 aliphatic carbocycles. The van der Waals surface area contributed by atoms with Gasteiger partial charge in [-0.15, -0.1) is 0 Å². The zero-order valence-electron chi connectivity index (χ0n) is 18.9. The Hall–Kier alpha value is -3.94. The predicted molar refractivity (Wildman–Crippen MR) is 129 cm³/mol. The van der Waals surface area contributed by atoms with Gasteiger partial charge in [0.15, 0.2) is 5.58 Å². The number of imidazole rings is 1. The average molecular weight is 445 g/mol. The molecule has 0 unspecified atom stereocenters. The van der Waals surface area contributed by atoms with Gasteiger partial charge >= 0.3 is 0 Å². The van der Waals surface area contributed by atoms with Crippen LogP contribution in [0.4, 0.5) is 6.01 Å². The van der Waals surface area contributed by atoms with Crippen LogP contribution in [0.15, 0.2) is 65.6 Å². The van der Waals surface area contributed by atoms with E-state index in [1.54, 1.807) is 13.4 Å². The van der Waals surface area contributed by atoms with E-state index in [1.165, 1.54) is 0 Å². The van der Waals surface area contributed by atoms with E-state index in [1.807, 2.05) is 66.4 Å². The second-order valence-corrected chi connectivity index (χ2v) is 8.30. The molecule has 5 rings (SSSR count). The maximum atomic E-state index is 6.38. The number of benzene rings is 2. The minimum Gasteiger partial charge on any atom is -0.495 e. The van der Waals surface area contributed by atoms with Crippen LogP contribution in [0, 0.1) is 6.92 Å². The largest absolute Gasteiger partial charge is 0.495 e. The van der Waals surface area contributed by atoms with E-state index in [2.05, 4.69) is 20.2 Å². The Labute approximate surface area is 192 Å². The number of anilines is 1. The highest BCUT2D eigenvalue weighted by Gasteiger charge is 2.22. The standard InChI is InChI=1S/C25H28N6O2/c1-17-15-31(16-28-17)22-8-7-18(13-24(22)32-2)20(26)14-27-19-9-11-30(12-10-19)25-29-21-5-3-4-6-23(21)33-25/h3-8,13-16,19,27H,9-12,26H2,1-2H3/b20-14-. The molecule has 4 aromatic rings. The topological polar surface area (TPSA) is 94.4 Å². The van der Waals surface area contributed by atoms with Crippen LogP contribution in [-0.2, 0) is 0 Å². The summed E-state index contributed by atoms with van der Waals surface area (Å²) in [6, 6.07) is 14.9. The number of ether oxygens (including phenoxy) is 1. The Kier molecular flexibility index (Phi) is 5.64. The SMILES string of the molecule is COc1cc(/C(N)=C/NC2CCN(c3nc4ccccc4o3)CC2)ccc1-n1cnc(C)c1. The van der Waals surface area contributed by atoms with Crippen molar-refractivity contribution in [2.24, 2.45) is 5.73 Å². The van der Waals surface area contributed by atoms with E-state index in [9.17, 15) is 0 Å². The maximum Gasteiger partial charge on any atom is 0.298 e. The highest BCUT2D eigenvalue weighted by Crippen LogP contribution is 2.27. The maximum absolute atomic E-state index is 6.38. The highest BCUT2D eigenvalue weighted by molar-refractivity contribution is 5.74. The third-order valence-electron chi connectivity index (χ3n) is 6.03. The molecule has 1 fully saturated rings. The van der Waals surface area contributed by atoms with Gasteiger partial charge in [0.1, 0.15) is 11.3 Å². The second-order valence-electron chi connectivity index (χ2n) is 8.30. The van der Waals surface area contributed by atoms with Gasteiger partial charge in [-0.1, -0.05) is 18.2 Å². The van der Waals surface area contributed by atoms with Crippen molar-refractivity contribution in [1.82, 2.24) is 19.9 Å². The van der Waals surface area contributed by atoms with Crippen molar-refractivity contribution in [3.63, 3.8) is 0 Å². The number of nitrogens with zero attached hydrogens (tertiary/aromatic N) is 4. The highest BCUT2D eigenvalue weighted by atomic mass is 16.5. The number of rotatable bonds is 6. The van der Waals surface area contributed by atoms with Gasteiger partial charge in [0, 0.05) is 37.1 Å². The predicted octanol–water partition coefficient (Wildman–Crippen LogP) is 3.85. The van der Waals surface area contributed by atoms with Gasteiger partial charge in [0.2, 0.25) is 0 Å². The van der Waals surface area contributed by atoms with Crippen LogP contribution in [0.5, 0.6) is 5.75 Å². The van der Waals surface area contributed by atoms with E-state index in [4.69, 9.17) is 14.9 Å². The molecule has 3 N–H and O–H groups in total. The van der Waals surface area contributed by atoms with Crippen molar-refractivity contribution in [1.29, 1.82) is 0 Å². The van der Waals surface area contributed by atoms with Crippen LogP contribution in [0.25, 0.3) is 22.5 Å². The van der Waals surface area contributed by atoms with E-state index in [-0.39, 0.29) is 0 Å². The molecule has 2 aromatic heterocycles. The Morgan fingerprint density at radius 3 is 2.76 bits per heavy atom. The molecule has 0 saturated carbocycles. The lowest BCUT2D eigenvalue weighted by Gasteiger charge is -2.31. The zero-order valence-corrected chi connectivity index (χ0v) is 18.9. The quantitative estimate of drug-likeness (QED) is 0.466. The summed E-state index contributed by atoms with van der Waals surface area (Å²) in [7, 11) is 1.66. The number of aryl methyl sites for hydroxylation is 1. The zero-order chi connectivity index (χ0) is 22.8. The number of methoxy groups -OCH3 is 1. The van der Waals surface area contributed by atoms with Crippen molar-refractivity contribution >= 4 is 22.8 Å². The first-order valence-corrected chi connectivity index (χ1v) is 11.1. The van der Waals surface area contributed by atoms with Crippen LogP contribution in [0.2, 0.25) is 0 Å². The molecule has 1 saturated heterocycles. The Morgan fingerprint density at radius 1 is 1.21 bits per heavy atom. The molecule has 8 nitrogen and oxygen atoms in total. The molecule has 0 radical (unpaired) electrons.